The number of anilines is 3. The van der Waals surface area contributed by atoms with E-state index in [-0.39, 0.29) is 0 Å². The van der Waals surface area contributed by atoms with Gasteiger partial charge in [0.2, 0.25) is 5.95 Å². The van der Waals surface area contributed by atoms with Gasteiger partial charge in [-0.2, -0.15) is 4.98 Å². The Morgan fingerprint density at radius 3 is 2.57 bits per heavy atom. The second-order valence-electron chi connectivity index (χ2n) is 6.03. The van der Waals surface area contributed by atoms with Gasteiger partial charge >= 0.3 is 0 Å². The number of rotatable bonds is 7. The van der Waals surface area contributed by atoms with Crippen LogP contribution in [0, 0.1) is 0 Å². The fourth-order valence-electron chi connectivity index (χ4n) is 2.63. The van der Waals surface area contributed by atoms with Crippen molar-refractivity contribution in [2.24, 2.45) is 0 Å². The normalized spacial score (nSPS) is 11.8. The van der Waals surface area contributed by atoms with Crippen molar-refractivity contribution in [3.63, 3.8) is 0 Å². The summed E-state index contributed by atoms with van der Waals surface area (Å²) < 4.78 is 0. The Labute approximate surface area is 160 Å². The first-order valence-electron chi connectivity index (χ1n) is 8.69. The third-order valence-corrected chi connectivity index (χ3v) is 4.08. The lowest BCUT2D eigenvalue weighted by Gasteiger charge is -2.13. The Hall–Kier alpha value is -3.85. The van der Waals surface area contributed by atoms with E-state index in [4.69, 9.17) is 0 Å². The molecule has 2 aromatic heterocycles. The molecule has 4 aromatic rings. The summed E-state index contributed by atoms with van der Waals surface area (Å²) in [4.78, 5) is 8.65. The summed E-state index contributed by atoms with van der Waals surface area (Å²) in [5.74, 6) is 1.68. The zero-order valence-corrected chi connectivity index (χ0v) is 14.8. The van der Waals surface area contributed by atoms with Gasteiger partial charge in [-0.25, -0.2) is 10.1 Å². The highest BCUT2D eigenvalue weighted by molar-refractivity contribution is 5.62. The number of nitrogens with zero attached hydrogens (tertiary/aromatic N) is 5. The van der Waals surface area contributed by atoms with Crippen molar-refractivity contribution in [2.75, 3.05) is 17.2 Å². The molecule has 0 aliphatic heterocycles. The molecule has 0 saturated heterocycles. The largest absolute Gasteiger partial charge is 0.387 e. The first-order chi connectivity index (χ1) is 13.8. The van der Waals surface area contributed by atoms with Gasteiger partial charge in [0.25, 0.3) is 0 Å². The van der Waals surface area contributed by atoms with Crippen LogP contribution in [-0.4, -0.2) is 42.2 Å². The summed E-state index contributed by atoms with van der Waals surface area (Å²) in [7, 11) is 0. The molecule has 4 rings (SSSR count). The second kappa shape index (κ2) is 8.23. The predicted molar refractivity (Wildman–Crippen MR) is 105 cm³/mol. The molecule has 0 radical (unpaired) electrons. The van der Waals surface area contributed by atoms with Crippen LogP contribution in [-0.2, 0) is 0 Å². The van der Waals surface area contributed by atoms with Crippen molar-refractivity contribution >= 4 is 17.5 Å². The summed E-state index contributed by atoms with van der Waals surface area (Å²) in [6.07, 6.45) is 1.03. The van der Waals surface area contributed by atoms with E-state index in [1.807, 2.05) is 54.6 Å². The van der Waals surface area contributed by atoms with E-state index in [2.05, 4.69) is 41.2 Å². The number of aromatic nitrogens is 6. The molecule has 9 nitrogen and oxygen atoms in total. The van der Waals surface area contributed by atoms with Crippen molar-refractivity contribution in [1.82, 2.24) is 30.6 Å². The van der Waals surface area contributed by atoms with Crippen LogP contribution in [0.2, 0.25) is 0 Å². The standard InChI is InChI=1S/C19H18N8O/c28-16(13-4-2-1-3-5-13)12-21-17-10-11-20-19(23-17)22-15-8-6-14(7-9-15)18-24-26-27-25-18/h1-11,16,28H,12H2,(H2,20,21,22,23)(H,24,25,26,27). The number of H-pyrrole nitrogens is 1. The number of aliphatic hydroxyl groups excluding tert-OH is 1. The highest BCUT2D eigenvalue weighted by atomic mass is 16.3. The lowest BCUT2D eigenvalue weighted by Crippen LogP contribution is -2.13. The minimum Gasteiger partial charge on any atom is -0.387 e. The third kappa shape index (κ3) is 4.27. The molecule has 0 aliphatic rings. The maximum Gasteiger partial charge on any atom is 0.229 e. The van der Waals surface area contributed by atoms with E-state index in [0.717, 1.165) is 16.8 Å². The molecule has 0 spiro atoms. The zero-order chi connectivity index (χ0) is 19.2. The number of aliphatic hydroxyl groups is 1. The van der Waals surface area contributed by atoms with Crippen molar-refractivity contribution in [3.8, 4) is 11.4 Å². The molecule has 0 bridgehead atoms. The first kappa shape index (κ1) is 17.6. The maximum atomic E-state index is 10.3. The van der Waals surface area contributed by atoms with Gasteiger partial charge in [0.05, 0.1) is 6.10 Å². The molecule has 0 fully saturated rings. The average molecular weight is 374 g/mol. The highest BCUT2D eigenvalue weighted by Crippen LogP contribution is 2.19. The van der Waals surface area contributed by atoms with Gasteiger partial charge < -0.3 is 15.7 Å². The summed E-state index contributed by atoms with van der Waals surface area (Å²) >= 11 is 0. The third-order valence-electron chi connectivity index (χ3n) is 4.08. The smallest absolute Gasteiger partial charge is 0.229 e. The SMILES string of the molecule is OC(CNc1ccnc(Nc2ccc(-c3nnn[nH]3)cc2)n1)c1ccccc1. The van der Waals surface area contributed by atoms with E-state index in [1.165, 1.54) is 0 Å². The topological polar surface area (TPSA) is 125 Å². The number of tetrazole rings is 1. The molecule has 1 unspecified atom stereocenters. The van der Waals surface area contributed by atoms with Crippen LogP contribution in [0.25, 0.3) is 11.4 Å². The van der Waals surface area contributed by atoms with Crippen LogP contribution >= 0.6 is 0 Å². The lowest BCUT2D eigenvalue weighted by atomic mass is 10.1. The molecule has 28 heavy (non-hydrogen) atoms. The van der Waals surface area contributed by atoms with Gasteiger partial charge in [0.15, 0.2) is 5.82 Å². The van der Waals surface area contributed by atoms with E-state index < -0.39 is 6.10 Å². The van der Waals surface area contributed by atoms with Crippen LogP contribution in [0.5, 0.6) is 0 Å². The number of hydrogen-bond acceptors (Lipinski definition) is 8. The maximum absolute atomic E-state index is 10.3. The van der Waals surface area contributed by atoms with Crippen molar-refractivity contribution in [3.05, 3.63) is 72.4 Å². The number of nitrogens with one attached hydrogen (secondary N) is 3. The molecule has 0 saturated carbocycles. The Morgan fingerprint density at radius 2 is 1.82 bits per heavy atom. The monoisotopic (exact) mass is 374 g/mol. The molecular weight excluding hydrogens is 356 g/mol. The molecule has 1 atom stereocenters. The molecule has 140 valence electrons. The molecule has 2 aromatic carbocycles. The minimum absolute atomic E-state index is 0.348. The van der Waals surface area contributed by atoms with Crippen LogP contribution in [0.15, 0.2) is 66.9 Å². The van der Waals surface area contributed by atoms with Crippen molar-refractivity contribution < 1.29 is 5.11 Å². The predicted octanol–water partition coefficient (Wildman–Crippen LogP) is 2.55. The fraction of sp³-hybridized carbons (Fsp3) is 0.105. The quantitative estimate of drug-likeness (QED) is 0.389. The van der Waals surface area contributed by atoms with Crippen LogP contribution < -0.4 is 10.6 Å². The Bertz CT molecular complexity index is 1010. The Kier molecular flexibility index (Phi) is 5.16. The van der Waals surface area contributed by atoms with E-state index in [1.54, 1.807) is 12.3 Å². The summed E-state index contributed by atoms with van der Waals surface area (Å²) in [5, 5.41) is 30.3. The van der Waals surface area contributed by atoms with Crippen LogP contribution in [0.3, 0.4) is 0 Å². The van der Waals surface area contributed by atoms with Crippen LogP contribution in [0.4, 0.5) is 17.5 Å². The van der Waals surface area contributed by atoms with E-state index in [0.29, 0.717) is 24.1 Å². The lowest BCUT2D eigenvalue weighted by molar-refractivity contribution is 0.191. The number of hydrogen-bond donors (Lipinski definition) is 4. The van der Waals surface area contributed by atoms with Crippen LogP contribution in [0.1, 0.15) is 11.7 Å². The van der Waals surface area contributed by atoms with Gasteiger partial charge in [0.1, 0.15) is 5.82 Å². The van der Waals surface area contributed by atoms with Gasteiger partial charge in [-0.05, 0) is 46.3 Å². The number of aromatic amines is 1. The fourth-order valence-corrected chi connectivity index (χ4v) is 2.63. The number of benzene rings is 2. The summed E-state index contributed by atoms with van der Waals surface area (Å²) in [6.45, 7) is 0.348. The molecule has 0 amide bonds. The average Bonchev–Trinajstić information content (AvgIpc) is 3.28. The second-order valence-corrected chi connectivity index (χ2v) is 6.03. The molecule has 4 N–H and O–H groups in total. The first-order valence-corrected chi connectivity index (χ1v) is 8.69. The molecule has 9 heteroatoms. The molecule has 2 heterocycles. The molecular formula is C19H18N8O. The Balaban J connectivity index is 1.38. The molecule has 0 aliphatic carbocycles. The van der Waals surface area contributed by atoms with E-state index >= 15 is 0 Å². The zero-order valence-electron chi connectivity index (χ0n) is 14.8. The highest BCUT2D eigenvalue weighted by Gasteiger charge is 2.08. The van der Waals surface area contributed by atoms with Gasteiger partial charge in [-0.3, -0.25) is 0 Å². The Morgan fingerprint density at radius 1 is 1.00 bits per heavy atom. The van der Waals surface area contributed by atoms with Crippen molar-refractivity contribution in [2.45, 2.75) is 6.10 Å². The summed E-state index contributed by atoms with van der Waals surface area (Å²) in [5.41, 5.74) is 2.56. The summed E-state index contributed by atoms with van der Waals surface area (Å²) in [6, 6.07) is 18.8. The van der Waals surface area contributed by atoms with Crippen molar-refractivity contribution in [1.29, 1.82) is 0 Å². The van der Waals surface area contributed by atoms with Gasteiger partial charge in [0, 0.05) is 24.0 Å². The van der Waals surface area contributed by atoms with Gasteiger partial charge in [-0.1, -0.05) is 30.3 Å². The minimum atomic E-state index is -0.620. The van der Waals surface area contributed by atoms with Gasteiger partial charge in [-0.15, -0.1) is 5.10 Å². The van der Waals surface area contributed by atoms with E-state index in [9.17, 15) is 5.11 Å².